The highest BCUT2D eigenvalue weighted by Crippen LogP contribution is 2.25. The molecule has 0 saturated heterocycles. The fraction of sp³-hybridized carbons (Fsp3) is 0.588. The monoisotopic (exact) mass is 274 g/mol. The maximum atomic E-state index is 5.71. The Balaban J connectivity index is 0.000000247. The van der Waals surface area contributed by atoms with E-state index in [1.54, 1.807) is 0 Å². The van der Waals surface area contributed by atoms with E-state index in [0.29, 0.717) is 12.5 Å². The van der Waals surface area contributed by atoms with Crippen LogP contribution in [0.25, 0.3) is 11.1 Å². The molecule has 3 heteroatoms. The molecule has 1 aromatic carbocycles. The van der Waals surface area contributed by atoms with Gasteiger partial charge in [0.05, 0.1) is 0 Å². The number of fused-ring (bicyclic) bond motifs is 1. The molecule has 0 bridgehead atoms. The predicted molar refractivity (Wildman–Crippen MR) is 83.8 cm³/mol. The van der Waals surface area contributed by atoms with Crippen LogP contribution in [0.5, 0.6) is 0 Å². The smallest absolute Gasteiger partial charge is 0.198 e. The Morgan fingerprint density at radius 2 is 1.75 bits per heavy atom. The van der Waals surface area contributed by atoms with E-state index in [-0.39, 0.29) is 0 Å². The van der Waals surface area contributed by atoms with Gasteiger partial charge in [-0.1, -0.05) is 52.0 Å². The van der Waals surface area contributed by atoms with E-state index in [4.69, 9.17) is 10.2 Å². The number of hydrogen-bond acceptors (Lipinski definition) is 3. The molecule has 0 spiro atoms. The molecule has 1 heterocycles. The Hall–Kier alpha value is -1.35. The van der Waals surface area contributed by atoms with Crippen molar-refractivity contribution in [3.05, 3.63) is 29.2 Å². The van der Waals surface area contributed by atoms with Gasteiger partial charge in [-0.2, -0.15) is 0 Å². The highest BCUT2D eigenvalue weighted by molar-refractivity contribution is 5.77. The minimum atomic E-state index is 0.318. The molecule has 0 amide bonds. The Morgan fingerprint density at radius 3 is 2.25 bits per heavy atom. The van der Waals surface area contributed by atoms with E-state index >= 15 is 0 Å². The fourth-order valence-electron chi connectivity index (χ4n) is 2.54. The molecule has 2 N–H and O–H groups in total. The van der Waals surface area contributed by atoms with Gasteiger partial charge in [-0.05, 0) is 24.1 Å². The first-order chi connectivity index (χ1) is 9.61. The zero-order valence-corrected chi connectivity index (χ0v) is 12.9. The van der Waals surface area contributed by atoms with Crippen LogP contribution >= 0.6 is 0 Å². The highest BCUT2D eigenvalue weighted by Gasteiger charge is 2.11. The number of nitrogens with zero attached hydrogens (tertiary/aromatic N) is 1. The molecule has 2 aromatic rings. The summed E-state index contributed by atoms with van der Waals surface area (Å²) in [4.78, 5) is 4.46. The quantitative estimate of drug-likeness (QED) is 0.865. The first kappa shape index (κ1) is 15.0. The van der Waals surface area contributed by atoms with Gasteiger partial charge in [0.15, 0.2) is 11.5 Å². The molecule has 1 aromatic heterocycles. The van der Waals surface area contributed by atoms with Gasteiger partial charge in [-0.3, -0.25) is 0 Å². The largest absolute Gasteiger partial charge is 0.440 e. The van der Waals surface area contributed by atoms with Crippen molar-refractivity contribution in [2.24, 2.45) is 5.73 Å². The van der Waals surface area contributed by atoms with Gasteiger partial charge in [0.1, 0.15) is 5.52 Å². The molecular formula is C17H26N2O. The van der Waals surface area contributed by atoms with Crippen molar-refractivity contribution in [1.29, 1.82) is 0 Å². The number of hydrogen-bond donors (Lipinski definition) is 1. The third-order valence-corrected chi connectivity index (χ3v) is 3.73. The third-order valence-electron chi connectivity index (χ3n) is 3.73. The lowest BCUT2D eigenvalue weighted by Crippen LogP contribution is -1.96. The standard InChI is InChI=1S/C12H16N2O.C5H10/c1-7(2)12-14-10-5-9(6-13)4-8(3)11(10)15-12;1-2-4-5-3-1/h4-5,7H,6,13H2,1-3H3;1-5H2. The summed E-state index contributed by atoms with van der Waals surface area (Å²) in [6, 6.07) is 4.05. The molecule has 1 aliphatic carbocycles. The van der Waals surface area contributed by atoms with Crippen molar-refractivity contribution >= 4 is 11.1 Å². The summed E-state index contributed by atoms with van der Waals surface area (Å²) in [7, 11) is 0. The summed E-state index contributed by atoms with van der Waals surface area (Å²) in [5, 5.41) is 0. The van der Waals surface area contributed by atoms with Crippen molar-refractivity contribution in [3.8, 4) is 0 Å². The van der Waals surface area contributed by atoms with Gasteiger partial charge in [0, 0.05) is 12.5 Å². The average Bonchev–Trinajstić information content (AvgIpc) is 3.10. The number of aryl methyl sites for hydroxylation is 1. The molecule has 1 aliphatic rings. The van der Waals surface area contributed by atoms with Gasteiger partial charge >= 0.3 is 0 Å². The molecule has 1 saturated carbocycles. The molecule has 3 rings (SSSR count). The molecule has 20 heavy (non-hydrogen) atoms. The Bertz CT molecular complexity index is 546. The molecule has 0 unspecified atom stereocenters. The van der Waals surface area contributed by atoms with E-state index in [0.717, 1.165) is 28.1 Å². The van der Waals surface area contributed by atoms with Crippen LogP contribution in [0, 0.1) is 6.92 Å². The van der Waals surface area contributed by atoms with Crippen LogP contribution in [0.4, 0.5) is 0 Å². The lowest BCUT2D eigenvalue weighted by Gasteiger charge is -1.98. The summed E-state index contributed by atoms with van der Waals surface area (Å²) in [5.74, 6) is 1.11. The Kier molecular flexibility index (Phi) is 5.18. The zero-order valence-electron chi connectivity index (χ0n) is 12.9. The summed E-state index contributed by atoms with van der Waals surface area (Å²) in [6.07, 6.45) is 7.50. The number of nitrogens with two attached hydrogens (primary N) is 1. The maximum Gasteiger partial charge on any atom is 0.198 e. The van der Waals surface area contributed by atoms with Crippen molar-refractivity contribution in [3.63, 3.8) is 0 Å². The molecule has 1 fully saturated rings. The lowest BCUT2D eigenvalue weighted by molar-refractivity contribution is 0.500. The van der Waals surface area contributed by atoms with E-state index in [9.17, 15) is 0 Å². The van der Waals surface area contributed by atoms with E-state index in [2.05, 4.69) is 24.9 Å². The molecule has 110 valence electrons. The predicted octanol–water partition coefficient (Wildman–Crippen LogP) is 4.67. The zero-order chi connectivity index (χ0) is 14.5. The number of aromatic nitrogens is 1. The fourth-order valence-corrected chi connectivity index (χ4v) is 2.54. The van der Waals surface area contributed by atoms with Gasteiger partial charge in [-0.25, -0.2) is 4.98 Å². The Labute approximate surface area is 121 Å². The topological polar surface area (TPSA) is 52.0 Å². The summed E-state index contributed by atoms with van der Waals surface area (Å²) >= 11 is 0. The van der Waals surface area contributed by atoms with Crippen molar-refractivity contribution in [2.75, 3.05) is 0 Å². The van der Waals surface area contributed by atoms with E-state index in [1.807, 2.05) is 13.0 Å². The second kappa shape index (κ2) is 6.89. The van der Waals surface area contributed by atoms with Crippen LogP contribution in [0.15, 0.2) is 16.5 Å². The lowest BCUT2D eigenvalue weighted by atomic mass is 10.1. The van der Waals surface area contributed by atoms with Crippen molar-refractivity contribution in [2.45, 2.75) is 65.3 Å². The van der Waals surface area contributed by atoms with Gasteiger partial charge in [-0.15, -0.1) is 0 Å². The normalized spacial score (nSPS) is 14.7. The molecule has 0 radical (unpaired) electrons. The first-order valence-corrected chi connectivity index (χ1v) is 7.72. The Morgan fingerprint density at radius 1 is 1.15 bits per heavy atom. The van der Waals surface area contributed by atoms with Crippen LogP contribution in [0.2, 0.25) is 0 Å². The minimum Gasteiger partial charge on any atom is -0.440 e. The van der Waals surface area contributed by atoms with E-state index < -0.39 is 0 Å². The SMILES string of the molecule is C1CCCC1.Cc1cc(CN)cc2nc(C(C)C)oc12. The van der Waals surface area contributed by atoms with Gasteiger partial charge < -0.3 is 10.2 Å². The second-order valence-corrected chi connectivity index (χ2v) is 5.94. The summed E-state index contributed by atoms with van der Waals surface area (Å²) in [5.41, 5.74) is 9.62. The average molecular weight is 274 g/mol. The van der Waals surface area contributed by atoms with Gasteiger partial charge in [0.25, 0.3) is 0 Å². The highest BCUT2D eigenvalue weighted by atomic mass is 16.3. The molecule has 0 aliphatic heterocycles. The number of rotatable bonds is 2. The molecular weight excluding hydrogens is 248 g/mol. The van der Waals surface area contributed by atoms with Crippen molar-refractivity contribution in [1.82, 2.24) is 4.98 Å². The van der Waals surface area contributed by atoms with Crippen molar-refractivity contribution < 1.29 is 4.42 Å². The van der Waals surface area contributed by atoms with E-state index in [1.165, 1.54) is 32.1 Å². The summed E-state index contributed by atoms with van der Waals surface area (Å²) in [6.45, 7) is 6.71. The van der Waals surface area contributed by atoms with Crippen LogP contribution in [-0.4, -0.2) is 4.98 Å². The van der Waals surface area contributed by atoms with Crippen LogP contribution in [0.1, 0.15) is 68.9 Å². The number of benzene rings is 1. The number of oxazole rings is 1. The summed E-state index contributed by atoms with van der Waals surface area (Å²) < 4.78 is 5.71. The van der Waals surface area contributed by atoms with Crippen LogP contribution < -0.4 is 5.73 Å². The molecule has 3 nitrogen and oxygen atoms in total. The maximum absolute atomic E-state index is 5.71. The van der Waals surface area contributed by atoms with Crippen LogP contribution in [-0.2, 0) is 6.54 Å². The van der Waals surface area contributed by atoms with Crippen LogP contribution in [0.3, 0.4) is 0 Å². The first-order valence-electron chi connectivity index (χ1n) is 7.72. The second-order valence-electron chi connectivity index (χ2n) is 5.94. The third kappa shape index (κ3) is 3.60. The van der Waals surface area contributed by atoms with Gasteiger partial charge in [0.2, 0.25) is 0 Å². The molecule has 0 atom stereocenters. The minimum absolute atomic E-state index is 0.318.